The molecule has 1 amide bonds. The molecule has 0 bridgehead atoms. The molecule has 2 heterocycles. The monoisotopic (exact) mass is 350 g/mol. The SMILES string of the molecule is O=C(COc1ccccc1)N1CCCSCC1CN1CCOCC1. The molecular weight excluding hydrogens is 324 g/mol. The van der Waals surface area contributed by atoms with E-state index in [0.717, 1.165) is 63.1 Å². The van der Waals surface area contributed by atoms with Crippen LogP contribution in [-0.4, -0.2) is 79.3 Å². The summed E-state index contributed by atoms with van der Waals surface area (Å²) in [6.45, 7) is 5.41. The van der Waals surface area contributed by atoms with Crippen molar-refractivity contribution in [2.24, 2.45) is 0 Å². The molecule has 1 aromatic carbocycles. The summed E-state index contributed by atoms with van der Waals surface area (Å²) in [5.74, 6) is 2.98. The largest absolute Gasteiger partial charge is 0.484 e. The van der Waals surface area contributed by atoms with Crippen LogP contribution >= 0.6 is 11.8 Å². The van der Waals surface area contributed by atoms with Crippen molar-refractivity contribution in [3.8, 4) is 5.75 Å². The molecule has 0 spiro atoms. The predicted octanol–water partition coefficient (Wildman–Crippen LogP) is 1.73. The Morgan fingerprint density at radius 1 is 1.21 bits per heavy atom. The summed E-state index contributed by atoms with van der Waals surface area (Å²) in [5.41, 5.74) is 0. The van der Waals surface area contributed by atoms with Crippen LogP contribution in [0.4, 0.5) is 0 Å². The second kappa shape index (κ2) is 9.30. The molecule has 1 unspecified atom stereocenters. The minimum atomic E-state index is 0.0969. The first-order chi connectivity index (χ1) is 11.8. The van der Waals surface area contributed by atoms with Crippen molar-refractivity contribution in [3.05, 3.63) is 30.3 Å². The number of para-hydroxylation sites is 1. The van der Waals surface area contributed by atoms with Crippen LogP contribution in [0.3, 0.4) is 0 Å². The first-order valence-electron chi connectivity index (χ1n) is 8.68. The number of amides is 1. The van der Waals surface area contributed by atoms with Crippen LogP contribution in [0, 0.1) is 0 Å². The Morgan fingerprint density at radius 2 is 2.00 bits per heavy atom. The molecule has 0 saturated carbocycles. The van der Waals surface area contributed by atoms with E-state index in [1.807, 2.05) is 47.0 Å². The van der Waals surface area contributed by atoms with Gasteiger partial charge in [-0.3, -0.25) is 9.69 Å². The van der Waals surface area contributed by atoms with Crippen molar-refractivity contribution < 1.29 is 14.3 Å². The fourth-order valence-corrected chi connectivity index (χ4v) is 4.19. The topological polar surface area (TPSA) is 42.0 Å². The van der Waals surface area contributed by atoms with Crippen LogP contribution in [-0.2, 0) is 9.53 Å². The number of thioether (sulfide) groups is 1. The van der Waals surface area contributed by atoms with Gasteiger partial charge in [0.15, 0.2) is 6.61 Å². The lowest BCUT2D eigenvalue weighted by Crippen LogP contribution is -2.51. The second-order valence-corrected chi connectivity index (χ2v) is 7.33. The van der Waals surface area contributed by atoms with Gasteiger partial charge in [-0.15, -0.1) is 0 Å². The molecule has 5 nitrogen and oxygen atoms in total. The molecule has 1 atom stereocenters. The summed E-state index contributed by atoms with van der Waals surface area (Å²) >= 11 is 1.96. The van der Waals surface area contributed by atoms with E-state index in [1.165, 1.54) is 0 Å². The molecule has 0 aliphatic carbocycles. The Kier molecular flexibility index (Phi) is 6.81. The molecular formula is C18H26N2O3S. The number of benzene rings is 1. The average molecular weight is 350 g/mol. The lowest BCUT2D eigenvalue weighted by molar-refractivity contribution is -0.135. The number of hydrogen-bond acceptors (Lipinski definition) is 5. The molecule has 2 fully saturated rings. The van der Waals surface area contributed by atoms with Crippen LogP contribution in [0.15, 0.2) is 30.3 Å². The second-order valence-electron chi connectivity index (χ2n) is 6.18. The van der Waals surface area contributed by atoms with Crippen molar-refractivity contribution in [1.29, 1.82) is 0 Å². The van der Waals surface area contributed by atoms with Crippen molar-refractivity contribution >= 4 is 17.7 Å². The molecule has 2 saturated heterocycles. The van der Waals surface area contributed by atoms with E-state index in [0.29, 0.717) is 0 Å². The summed E-state index contributed by atoms with van der Waals surface area (Å²) in [5, 5.41) is 0. The fraction of sp³-hybridized carbons (Fsp3) is 0.611. The van der Waals surface area contributed by atoms with Gasteiger partial charge in [0.05, 0.1) is 19.3 Å². The van der Waals surface area contributed by atoms with Gasteiger partial charge in [0.2, 0.25) is 0 Å². The number of carbonyl (C=O) groups is 1. The number of rotatable bonds is 5. The molecule has 24 heavy (non-hydrogen) atoms. The van der Waals surface area contributed by atoms with Crippen molar-refractivity contribution in [1.82, 2.24) is 9.80 Å². The zero-order valence-electron chi connectivity index (χ0n) is 14.1. The van der Waals surface area contributed by atoms with Crippen molar-refractivity contribution in [3.63, 3.8) is 0 Å². The zero-order chi connectivity index (χ0) is 16.6. The van der Waals surface area contributed by atoms with Gasteiger partial charge in [-0.25, -0.2) is 0 Å². The Labute approximate surface area is 148 Å². The van der Waals surface area contributed by atoms with Crippen LogP contribution in [0.5, 0.6) is 5.75 Å². The molecule has 0 N–H and O–H groups in total. The normalized spacial score (nSPS) is 22.8. The van der Waals surface area contributed by atoms with E-state index in [2.05, 4.69) is 4.90 Å². The summed E-state index contributed by atoms with van der Waals surface area (Å²) in [6, 6.07) is 9.82. The minimum Gasteiger partial charge on any atom is -0.484 e. The summed E-state index contributed by atoms with van der Waals surface area (Å²) < 4.78 is 11.1. The van der Waals surface area contributed by atoms with Crippen LogP contribution in [0.2, 0.25) is 0 Å². The molecule has 1 aromatic rings. The van der Waals surface area contributed by atoms with Gasteiger partial charge in [0.25, 0.3) is 5.91 Å². The quantitative estimate of drug-likeness (QED) is 0.809. The number of carbonyl (C=O) groups excluding carboxylic acids is 1. The third-order valence-corrected chi connectivity index (χ3v) is 5.64. The smallest absolute Gasteiger partial charge is 0.260 e. The lowest BCUT2D eigenvalue weighted by atomic mass is 10.2. The van der Waals surface area contributed by atoms with Gasteiger partial charge in [-0.05, 0) is 24.3 Å². The molecule has 0 aromatic heterocycles. The highest BCUT2D eigenvalue weighted by Crippen LogP contribution is 2.18. The lowest BCUT2D eigenvalue weighted by Gasteiger charge is -2.35. The van der Waals surface area contributed by atoms with Gasteiger partial charge < -0.3 is 14.4 Å². The zero-order valence-corrected chi connectivity index (χ0v) is 14.9. The van der Waals surface area contributed by atoms with E-state index in [4.69, 9.17) is 9.47 Å². The van der Waals surface area contributed by atoms with Gasteiger partial charge in [0, 0.05) is 31.9 Å². The summed E-state index contributed by atoms with van der Waals surface area (Å²) in [4.78, 5) is 17.2. The minimum absolute atomic E-state index is 0.0969. The number of hydrogen-bond donors (Lipinski definition) is 0. The Morgan fingerprint density at radius 3 is 2.79 bits per heavy atom. The molecule has 6 heteroatoms. The van der Waals surface area contributed by atoms with Gasteiger partial charge in [-0.2, -0.15) is 11.8 Å². The predicted molar refractivity (Wildman–Crippen MR) is 96.6 cm³/mol. The third kappa shape index (κ3) is 5.13. The van der Waals surface area contributed by atoms with Crippen LogP contribution in [0.25, 0.3) is 0 Å². The van der Waals surface area contributed by atoms with Gasteiger partial charge in [-0.1, -0.05) is 18.2 Å². The van der Waals surface area contributed by atoms with E-state index in [-0.39, 0.29) is 18.6 Å². The maximum atomic E-state index is 12.7. The van der Waals surface area contributed by atoms with Crippen LogP contribution < -0.4 is 4.74 Å². The van der Waals surface area contributed by atoms with E-state index in [1.54, 1.807) is 0 Å². The van der Waals surface area contributed by atoms with E-state index < -0.39 is 0 Å². The first-order valence-corrected chi connectivity index (χ1v) is 9.83. The number of ether oxygens (including phenoxy) is 2. The first kappa shape index (κ1) is 17.6. The molecule has 3 rings (SSSR count). The summed E-state index contributed by atoms with van der Waals surface area (Å²) in [6.07, 6.45) is 1.06. The van der Waals surface area contributed by atoms with E-state index >= 15 is 0 Å². The van der Waals surface area contributed by atoms with Gasteiger partial charge >= 0.3 is 0 Å². The van der Waals surface area contributed by atoms with Gasteiger partial charge in [0.1, 0.15) is 5.75 Å². The van der Waals surface area contributed by atoms with Crippen molar-refractivity contribution in [2.75, 3.05) is 57.5 Å². The summed E-state index contributed by atoms with van der Waals surface area (Å²) in [7, 11) is 0. The molecule has 132 valence electrons. The standard InChI is InChI=1S/C18H26N2O3S/c21-18(14-23-17-5-2-1-3-6-17)20-7-4-12-24-15-16(20)13-19-8-10-22-11-9-19/h1-3,5-6,16H,4,7-15H2. The highest BCUT2D eigenvalue weighted by molar-refractivity contribution is 7.99. The molecule has 0 radical (unpaired) electrons. The van der Waals surface area contributed by atoms with E-state index in [9.17, 15) is 4.79 Å². The average Bonchev–Trinajstić information content (AvgIpc) is 2.87. The highest BCUT2D eigenvalue weighted by atomic mass is 32.2. The fourth-order valence-electron chi connectivity index (χ4n) is 3.13. The Balaban J connectivity index is 1.57. The molecule has 2 aliphatic rings. The number of nitrogens with zero attached hydrogens (tertiary/aromatic N) is 2. The maximum Gasteiger partial charge on any atom is 0.260 e. The van der Waals surface area contributed by atoms with Crippen molar-refractivity contribution in [2.45, 2.75) is 12.5 Å². The highest BCUT2D eigenvalue weighted by Gasteiger charge is 2.28. The number of morpholine rings is 1. The van der Waals surface area contributed by atoms with Crippen LogP contribution in [0.1, 0.15) is 6.42 Å². The Bertz CT molecular complexity index is 508. The molecule has 2 aliphatic heterocycles. The Hall–Kier alpha value is -1.24. The third-order valence-electron chi connectivity index (χ3n) is 4.44. The maximum absolute atomic E-state index is 12.7.